The molecule has 88 heavy (non-hydrogen) atoms. The largest absolute Gasteiger partial charge is 0.375 e. The van der Waals surface area contributed by atoms with Gasteiger partial charge >= 0.3 is 0 Å². The SMILES string of the molecule is CCN(CC)C1CCC(C(=CC2CCC(C3CC(OC4CCCCC4)C(C4CCC(C=C(C5CCC(N(CC)CC)CC5)C5CCC(N(CC)CC)CC5)C5CCCCC54)CC3OC3CCCCC3)C3CCCCC23)C2CCC(N(CC)CC)CC2)CC1. The van der Waals surface area contributed by atoms with E-state index in [2.05, 4.69) is 87.1 Å². The van der Waals surface area contributed by atoms with Crippen LogP contribution in [0.2, 0.25) is 0 Å². The van der Waals surface area contributed by atoms with E-state index in [1.807, 2.05) is 11.1 Å². The fourth-order valence-electron chi connectivity index (χ4n) is 24.7. The van der Waals surface area contributed by atoms with Gasteiger partial charge in [-0.25, -0.2) is 0 Å². The maximum absolute atomic E-state index is 8.00. The number of hydrogen-bond acceptors (Lipinski definition) is 6. The van der Waals surface area contributed by atoms with Gasteiger partial charge in [0.25, 0.3) is 0 Å². The average Bonchev–Trinajstić information content (AvgIpc) is 1.03. The van der Waals surface area contributed by atoms with Crippen molar-refractivity contribution in [3.63, 3.8) is 0 Å². The lowest BCUT2D eigenvalue weighted by Crippen LogP contribution is -2.53. The Kier molecular flexibility index (Phi) is 26.7. The Hall–Kier alpha value is -0.760. The highest BCUT2D eigenvalue weighted by Gasteiger charge is 2.54. The summed E-state index contributed by atoms with van der Waals surface area (Å²) < 4.78 is 16.0. The second-order valence-electron chi connectivity index (χ2n) is 32.9. The summed E-state index contributed by atoms with van der Waals surface area (Å²) in [5.41, 5.74) is 4.00. The highest BCUT2D eigenvalue weighted by atomic mass is 16.5. The first-order valence-electron chi connectivity index (χ1n) is 41.0. The molecule has 11 rings (SSSR count). The summed E-state index contributed by atoms with van der Waals surface area (Å²) in [6.45, 7) is 29.0. The van der Waals surface area contributed by atoms with Gasteiger partial charge in [-0.15, -0.1) is 0 Å². The van der Waals surface area contributed by atoms with Gasteiger partial charge in [-0.05, 0) is 328 Å². The predicted molar refractivity (Wildman–Crippen MR) is 374 cm³/mol. The lowest BCUT2D eigenvalue weighted by atomic mass is 9.52. The minimum absolute atomic E-state index is 0.431. The Morgan fingerprint density at radius 2 is 0.511 bits per heavy atom. The molecule has 11 aliphatic rings. The Labute approximate surface area is 545 Å². The third-order valence-corrected chi connectivity index (χ3v) is 29.3. The number of ether oxygens (including phenoxy) is 2. The molecule has 11 fully saturated rings. The summed E-state index contributed by atoms with van der Waals surface area (Å²) >= 11 is 0. The van der Waals surface area contributed by atoms with Crippen LogP contribution >= 0.6 is 0 Å². The van der Waals surface area contributed by atoms with Crippen LogP contribution in [0.1, 0.15) is 312 Å². The van der Waals surface area contributed by atoms with Gasteiger partial charge < -0.3 is 29.1 Å². The maximum atomic E-state index is 8.00. The minimum atomic E-state index is 0.431. The molecule has 0 aliphatic heterocycles. The summed E-state index contributed by atoms with van der Waals surface area (Å²) in [5, 5.41) is 0. The van der Waals surface area contributed by atoms with E-state index < -0.39 is 0 Å². The third-order valence-electron chi connectivity index (χ3n) is 29.3. The molecule has 0 amide bonds. The van der Waals surface area contributed by atoms with Crippen molar-refractivity contribution in [3.8, 4) is 0 Å². The van der Waals surface area contributed by atoms with E-state index in [1.165, 1.54) is 309 Å². The Morgan fingerprint density at radius 1 is 0.261 bits per heavy atom. The quantitative estimate of drug-likeness (QED) is 0.0896. The van der Waals surface area contributed by atoms with Crippen molar-refractivity contribution >= 4 is 0 Å². The van der Waals surface area contributed by atoms with E-state index in [4.69, 9.17) is 9.47 Å². The summed E-state index contributed by atoms with van der Waals surface area (Å²) in [7, 11) is 0. The van der Waals surface area contributed by atoms with Crippen molar-refractivity contribution in [1.82, 2.24) is 19.6 Å². The van der Waals surface area contributed by atoms with Crippen molar-refractivity contribution < 1.29 is 9.47 Å². The zero-order valence-corrected chi connectivity index (χ0v) is 59.4. The molecule has 11 aliphatic carbocycles. The zero-order valence-electron chi connectivity index (χ0n) is 59.4. The third kappa shape index (κ3) is 16.5. The summed E-state index contributed by atoms with van der Waals surface area (Å²) in [5.74, 6) is 11.3. The molecule has 0 radical (unpaired) electrons. The van der Waals surface area contributed by atoms with Gasteiger partial charge in [-0.1, -0.05) is 143 Å². The first-order valence-corrected chi connectivity index (χ1v) is 41.0. The monoisotopic (exact) mass is 1220 g/mol. The molecule has 0 N–H and O–H groups in total. The number of fused-ring (bicyclic) bond motifs is 2. The molecular formula is C82H144N4O2. The van der Waals surface area contributed by atoms with E-state index in [-0.39, 0.29) is 0 Å². The molecule has 504 valence electrons. The lowest BCUT2D eigenvalue weighted by molar-refractivity contribution is -0.178. The summed E-state index contributed by atoms with van der Waals surface area (Å²) in [6, 6.07) is 3.22. The first-order chi connectivity index (χ1) is 43.3. The van der Waals surface area contributed by atoms with Crippen LogP contribution in [0.25, 0.3) is 0 Å². The molecule has 11 saturated carbocycles. The topological polar surface area (TPSA) is 31.4 Å². The molecule has 0 spiro atoms. The average molecular weight is 1220 g/mol. The highest BCUT2D eigenvalue weighted by Crippen LogP contribution is 2.59. The lowest BCUT2D eigenvalue weighted by Gasteiger charge is -2.56. The molecule has 6 heteroatoms. The molecule has 0 heterocycles. The maximum Gasteiger partial charge on any atom is 0.0614 e. The van der Waals surface area contributed by atoms with E-state index >= 15 is 0 Å². The number of hydrogen-bond donors (Lipinski definition) is 0. The van der Waals surface area contributed by atoms with Crippen LogP contribution < -0.4 is 0 Å². The molecule has 0 aromatic rings. The molecular weight excluding hydrogens is 1070 g/mol. The molecule has 12 unspecified atom stereocenters. The van der Waals surface area contributed by atoms with Crippen LogP contribution in [0.3, 0.4) is 0 Å². The van der Waals surface area contributed by atoms with E-state index in [1.54, 1.807) is 0 Å². The van der Waals surface area contributed by atoms with Crippen LogP contribution in [0, 0.1) is 82.9 Å². The van der Waals surface area contributed by atoms with Crippen molar-refractivity contribution in [1.29, 1.82) is 0 Å². The van der Waals surface area contributed by atoms with E-state index in [0.717, 1.165) is 95.2 Å². The van der Waals surface area contributed by atoms with Gasteiger partial charge in [0.2, 0.25) is 0 Å². The number of allylic oxidation sites excluding steroid dienone is 4. The smallest absolute Gasteiger partial charge is 0.0614 e. The van der Waals surface area contributed by atoms with Crippen molar-refractivity contribution in [2.45, 2.75) is 361 Å². The van der Waals surface area contributed by atoms with Gasteiger partial charge in [0.15, 0.2) is 0 Å². The van der Waals surface area contributed by atoms with Crippen LogP contribution in [-0.2, 0) is 9.47 Å². The van der Waals surface area contributed by atoms with Gasteiger partial charge in [0.05, 0.1) is 24.4 Å². The highest BCUT2D eigenvalue weighted by molar-refractivity contribution is 5.20. The zero-order chi connectivity index (χ0) is 60.9. The van der Waals surface area contributed by atoms with Crippen molar-refractivity contribution in [2.75, 3.05) is 52.4 Å². The fraction of sp³-hybridized carbons (Fsp3) is 0.951. The molecule has 0 aromatic heterocycles. The van der Waals surface area contributed by atoms with Crippen LogP contribution in [0.4, 0.5) is 0 Å². The van der Waals surface area contributed by atoms with Crippen molar-refractivity contribution in [2.24, 2.45) is 82.9 Å². The number of nitrogens with zero attached hydrogens (tertiary/aromatic N) is 4. The second-order valence-corrected chi connectivity index (χ2v) is 32.9. The van der Waals surface area contributed by atoms with Gasteiger partial charge in [0.1, 0.15) is 0 Å². The normalized spacial score (nSPS) is 40.1. The fourth-order valence-corrected chi connectivity index (χ4v) is 24.7. The second kappa shape index (κ2) is 34.3. The minimum Gasteiger partial charge on any atom is -0.375 e. The van der Waals surface area contributed by atoms with Crippen LogP contribution in [-0.4, -0.2) is 121 Å². The summed E-state index contributed by atoms with van der Waals surface area (Å²) in [4.78, 5) is 11.2. The molecule has 6 nitrogen and oxygen atoms in total. The molecule has 0 bridgehead atoms. The Balaban J connectivity index is 0.865. The molecule has 0 saturated heterocycles. The van der Waals surface area contributed by atoms with Gasteiger partial charge in [-0.2, -0.15) is 0 Å². The molecule has 12 atom stereocenters. The predicted octanol–water partition coefficient (Wildman–Crippen LogP) is 20.6. The Morgan fingerprint density at radius 3 is 0.784 bits per heavy atom. The van der Waals surface area contributed by atoms with Gasteiger partial charge in [0, 0.05) is 24.2 Å². The first kappa shape index (κ1) is 68.6. The van der Waals surface area contributed by atoms with Crippen LogP contribution in [0.5, 0.6) is 0 Å². The summed E-state index contributed by atoms with van der Waals surface area (Å²) in [6.07, 6.45) is 64.9. The standard InChI is InChI=1S/C82H144N4O2/c1-9-83(10-2)65-45-35-59(36-46-65)77(60-37-47-66(48-38-60)84(11-3)12-4)55-63-43-53-75(73-33-25-23-31-71(63)73)79-57-82(88-70-29-21-18-22-30-70)80(58-81(79)87-69-27-19-17-20-28-69)76-54-44-64(72-32-24-26-34-74(72)76)56-78(61-39-49-67(50-40-61)85(13-5)14-6)62-41-51-68(52-42-62)86(15-7)16-8/h55-56,59-76,79-82H,9-54,57-58H2,1-8H3. The van der Waals surface area contributed by atoms with E-state index in [9.17, 15) is 0 Å². The van der Waals surface area contributed by atoms with Crippen molar-refractivity contribution in [3.05, 3.63) is 23.3 Å². The molecule has 0 aromatic carbocycles. The van der Waals surface area contributed by atoms with Gasteiger partial charge in [-0.3, -0.25) is 0 Å². The van der Waals surface area contributed by atoms with E-state index in [0.29, 0.717) is 36.3 Å². The van der Waals surface area contributed by atoms with Crippen LogP contribution in [0.15, 0.2) is 23.3 Å². The number of rotatable bonds is 24. The Bertz CT molecular complexity index is 1820.